The number of rotatable bonds is 1. The Balaban J connectivity index is 0.000000184. The van der Waals surface area contributed by atoms with Gasteiger partial charge in [-0.05, 0) is 24.3 Å². The summed E-state index contributed by atoms with van der Waals surface area (Å²) in [5.41, 5.74) is 5.08. The van der Waals surface area contributed by atoms with Crippen LogP contribution in [0, 0.1) is 6.92 Å². The van der Waals surface area contributed by atoms with Gasteiger partial charge in [0.25, 0.3) is 0 Å². The van der Waals surface area contributed by atoms with Gasteiger partial charge in [0.1, 0.15) is 0 Å². The van der Waals surface area contributed by atoms with Crippen LogP contribution in [-0.4, -0.2) is 0 Å². The standard InChI is InChI=1S/C22H16NS.C9H7.2ClH.Zr/c1-15-13-16-7-6-10-18(17(16)14-15)23-19-8-2-4-11-21(19)24-22-12-5-3-9-20(22)23;1-2-5-9-7-3-6-8(9)4-1;;;/h2-14H,1H3;1-7H;2*1H;/q2*-1;;;+4/p-2. The molecule has 0 saturated carbocycles. The summed E-state index contributed by atoms with van der Waals surface area (Å²) in [6.07, 6.45) is 0. The second-order valence-electron chi connectivity index (χ2n) is 8.41. The Hall–Kier alpha value is -2.29. The van der Waals surface area contributed by atoms with Crippen molar-refractivity contribution >= 4 is 67.4 Å². The molecule has 6 aromatic carbocycles. The van der Waals surface area contributed by atoms with Crippen LogP contribution in [0.25, 0.3) is 21.5 Å². The molecule has 6 aromatic rings. The number of fused-ring (bicyclic) bond motifs is 4. The first-order chi connectivity index (χ1) is 17.7. The number of aryl methyl sites for hydroxylation is 1. The van der Waals surface area contributed by atoms with Gasteiger partial charge in [0.05, 0.1) is 11.4 Å². The molecular weight excluding hydrogens is 581 g/mol. The van der Waals surface area contributed by atoms with Gasteiger partial charge in [0.15, 0.2) is 0 Å². The van der Waals surface area contributed by atoms with E-state index in [4.69, 9.17) is 17.0 Å². The van der Waals surface area contributed by atoms with Crippen LogP contribution in [0.2, 0.25) is 0 Å². The van der Waals surface area contributed by atoms with Gasteiger partial charge in [-0.1, -0.05) is 55.1 Å². The summed E-state index contributed by atoms with van der Waals surface area (Å²) in [5.74, 6) is 0. The SMILES string of the molecule is Cc1cc2c(N3c4ccccc4Sc4ccccc43)cccc2[cH-]1.[Cl][Zr+2][Cl].c1ccc2[cH-]ccc2c1. The Morgan fingerprint density at radius 2 is 1.28 bits per heavy atom. The van der Waals surface area contributed by atoms with Crippen LogP contribution < -0.4 is 4.90 Å². The van der Waals surface area contributed by atoms with Crippen molar-refractivity contribution in [2.75, 3.05) is 4.90 Å². The molecule has 176 valence electrons. The second kappa shape index (κ2) is 11.8. The Bertz CT molecular complexity index is 1530. The molecule has 1 aliphatic heterocycles. The van der Waals surface area contributed by atoms with Gasteiger partial charge in [-0.3, -0.25) is 0 Å². The fraction of sp³-hybridized carbons (Fsp3) is 0.0323. The Morgan fingerprint density at radius 1 is 0.694 bits per heavy atom. The van der Waals surface area contributed by atoms with Crippen molar-refractivity contribution in [3.63, 3.8) is 0 Å². The third-order valence-electron chi connectivity index (χ3n) is 6.09. The van der Waals surface area contributed by atoms with E-state index in [-0.39, 0.29) is 0 Å². The molecule has 1 heterocycles. The first-order valence-electron chi connectivity index (χ1n) is 11.6. The van der Waals surface area contributed by atoms with Gasteiger partial charge in [-0.25, -0.2) is 0 Å². The number of halogens is 2. The van der Waals surface area contributed by atoms with E-state index in [1.165, 1.54) is 54.0 Å². The van der Waals surface area contributed by atoms with Crippen molar-refractivity contribution in [2.45, 2.75) is 16.7 Å². The molecular formula is C31H23Cl2NSZr. The molecule has 0 fully saturated rings. The average Bonchev–Trinajstić information content (AvgIpc) is 3.54. The Kier molecular flexibility index (Phi) is 8.34. The zero-order valence-electron chi connectivity index (χ0n) is 19.7. The van der Waals surface area contributed by atoms with Crippen molar-refractivity contribution in [1.29, 1.82) is 0 Å². The predicted molar refractivity (Wildman–Crippen MR) is 154 cm³/mol. The third-order valence-corrected chi connectivity index (χ3v) is 7.22. The summed E-state index contributed by atoms with van der Waals surface area (Å²) in [7, 11) is 9.87. The van der Waals surface area contributed by atoms with E-state index in [1.807, 2.05) is 11.8 Å². The van der Waals surface area contributed by atoms with Crippen LogP contribution >= 0.6 is 28.8 Å². The van der Waals surface area contributed by atoms with Crippen LogP contribution in [0.4, 0.5) is 17.1 Å². The molecule has 1 aliphatic rings. The van der Waals surface area contributed by atoms with E-state index in [9.17, 15) is 0 Å². The number of nitrogens with zero attached hydrogens (tertiary/aromatic N) is 1. The van der Waals surface area contributed by atoms with Gasteiger partial charge < -0.3 is 4.90 Å². The largest absolute Gasteiger partial charge is 0.168 e. The summed E-state index contributed by atoms with van der Waals surface area (Å²) in [4.78, 5) is 5.01. The van der Waals surface area contributed by atoms with Gasteiger partial charge in [-0.2, -0.15) is 23.6 Å². The van der Waals surface area contributed by atoms with E-state index in [0.717, 1.165) is 0 Å². The maximum Gasteiger partial charge on any atom is -0.0809 e. The molecule has 0 unspecified atom stereocenters. The average molecular weight is 604 g/mol. The summed E-state index contributed by atoms with van der Waals surface area (Å²) >= 11 is 1.02. The summed E-state index contributed by atoms with van der Waals surface area (Å²) in [6.45, 7) is 2.16. The molecule has 1 nitrogen and oxygen atoms in total. The fourth-order valence-corrected chi connectivity index (χ4v) is 5.66. The molecule has 7 rings (SSSR count). The number of hydrogen-bond donors (Lipinski definition) is 0. The van der Waals surface area contributed by atoms with Crippen molar-refractivity contribution in [3.8, 4) is 0 Å². The number of anilines is 3. The molecule has 0 aromatic heterocycles. The van der Waals surface area contributed by atoms with Crippen LogP contribution in [0.15, 0.2) is 131 Å². The van der Waals surface area contributed by atoms with E-state index in [0.29, 0.717) is 0 Å². The van der Waals surface area contributed by atoms with Crippen molar-refractivity contribution < 1.29 is 20.8 Å². The minimum atomic E-state index is -0.826. The molecule has 0 radical (unpaired) electrons. The first kappa shape index (κ1) is 25.4. The fourth-order valence-electron chi connectivity index (χ4n) is 4.60. The summed E-state index contributed by atoms with van der Waals surface area (Å²) in [5, 5.41) is 5.28. The first-order valence-corrected chi connectivity index (χ1v) is 18.7. The normalized spacial score (nSPS) is 11.5. The predicted octanol–water partition coefficient (Wildman–Crippen LogP) is 10.7. The van der Waals surface area contributed by atoms with Gasteiger partial charge in [0.2, 0.25) is 0 Å². The Morgan fingerprint density at radius 3 is 1.97 bits per heavy atom. The molecule has 0 aliphatic carbocycles. The van der Waals surface area contributed by atoms with Crippen LogP contribution in [0.1, 0.15) is 5.56 Å². The van der Waals surface area contributed by atoms with Crippen molar-refractivity contribution in [3.05, 3.63) is 127 Å². The zero-order valence-corrected chi connectivity index (χ0v) is 24.4. The maximum atomic E-state index is 4.93. The third kappa shape index (κ3) is 5.36. The number of hydrogen-bond acceptors (Lipinski definition) is 2. The van der Waals surface area contributed by atoms with E-state index in [1.54, 1.807) is 0 Å². The van der Waals surface area contributed by atoms with E-state index < -0.39 is 20.8 Å². The van der Waals surface area contributed by atoms with Crippen LogP contribution in [-0.2, 0) is 20.8 Å². The molecule has 0 spiro atoms. The minimum absolute atomic E-state index is 0.826. The zero-order chi connectivity index (χ0) is 24.9. The molecule has 36 heavy (non-hydrogen) atoms. The number of para-hydroxylation sites is 2. The second-order valence-corrected chi connectivity index (χ2v) is 13.2. The molecule has 0 N–H and O–H groups in total. The molecule has 0 atom stereocenters. The van der Waals surface area contributed by atoms with Gasteiger partial charge in [-0.15, -0.1) is 64.2 Å². The summed E-state index contributed by atoms with van der Waals surface area (Å²) in [6, 6.07) is 43.1. The monoisotopic (exact) mass is 601 g/mol. The maximum absolute atomic E-state index is 4.93. The summed E-state index contributed by atoms with van der Waals surface area (Å²) < 4.78 is 0. The molecule has 5 heteroatoms. The Labute approximate surface area is 235 Å². The number of benzene rings is 4. The molecule has 0 amide bonds. The quantitative estimate of drug-likeness (QED) is 0.172. The van der Waals surface area contributed by atoms with Crippen LogP contribution in [0.5, 0.6) is 0 Å². The smallest absolute Gasteiger partial charge is 0.0809 e. The van der Waals surface area contributed by atoms with Crippen LogP contribution in [0.3, 0.4) is 0 Å². The van der Waals surface area contributed by atoms with E-state index >= 15 is 0 Å². The van der Waals surface area contributed by atoms with Crippen molar-refractivity contribution in [1.82, 2.24) is 0 Å². The minimum Gasteiger partial charge on any atom is -0.168 e. The molecule has 0 bridgehead atoms. The van der Waals surface area contributed by atoms with Gasteiger partial charge in [0, 0.05) is 15.5 Å². The van der Waals surface area contributed by atoms with Gasteiger partial charge >= 0.3 is 37.9 Å². The molecule has 0 saturated heterocycles. The van der Waals surface area contributed by atoms with E-state index in [2.05, 4.69) is 133 Å². The van der Waals surface area contributed by atoms with Crippen molar-refractivity contribution in [2.24, 2.45) is 0 Å². The topological polar surface area (TPSA) is 3.24 Å².